The largest absolute Gasteiger partial charge is 0.381 e. The van der Waals surface area contributed by atoms with E-state index in [-0.39, 0.29) is 11.4 Å². The van der Waals surface area contributed by atoms with Crippen molar-refractivity contribution in [2.24, 2.45) is 23.0 Å². The van der Waals surface area contributed by atoms with Crippen LogP contribution in [0.4, 0.5) is 17.3 Å². The molecular formula is C12H17IN8O. The van der Waals surface area contributed by atoms with E-state index in [1.54, 1.807) is 7.05 Å². The number of carbonyl (C=O) groups excluding carboxylic acids is 1. The average Bonchev–Trinajstić information content (AvgIpc) is 2.96. The zero-order valence-corrected chi connectivity index (χ0v) is 14.5. The maximum atomic E-state index is 11.4. The SMILES string of the molecule is CCCCc1nn(I)c(N)c1N=Nc1c(C(N)=O)cnn1C. The van der Waals surface area contributed by atoms with Crippen LogP contribution >= 0.6 is 22.9 Å². The first-order valence-corrected chi connectivity index (χ1v) is 7.69. The third-order valence-electron chi connectivity index (χ3n) is 3.11. The molecule has 9 nitrogen and oxygen atoms in total. The number of aromatic nitrogens is 4. The van der Waals surface area contributed by atoms with Gasteiger partial charge in [0.2, 0.25) is 0 Å². The van der Waals surface area contributed by atoms with Gasteiger partial charge in [-0.05, 0) is 12.8 Å². The number of nitrogen functional groups attached to an aromatic ring is 1. The molecule has 0 spiro atoms. The highest BCUT2D eigenvalue weighted by atomic mass is 127. The van der Waals surface area contributed by atoms with Crippen molar-refractivity contribution >= 4 is 46.1 Å². The number of anilines is 1. The minimum atomic E-state index is -0.606. The highest BCUT2D eigenvalue weighted by Crippen LogP contribution is 2.31. The van der Waals surface area contributed by atoms with Crippen LogP contribution in [-0.4, -0.2) is 23.7 Å². The predicted octanol–water partition coefficient (Wildman–Crippen LogP) is 2.25. The number of hydrogen-bond donors (Lipinski definition) is 2. The molecule has 2 aromatic rings. The van der Waals surface area contributed by atoms with Gasteiger partial charge >= 0.3 is 0 Å². The second-order valence-corrected chi connectivity index (χ2v) is 5.63. The van der Waals surface area contributed by atoms with Crippen LogP contribution in [0.3, 0.4) is 0 Å². The first-order chi connectivity index (χ1) is 10.5. The number of carbonyl (C=O) groups is 1. The summed E-state index contributed by atoms with van der Waals surface area (Å²) >= 11 is 1.99. The molecule has 2 heterocycles. The number of azo groups is 1. The van der Waals surface area contributed by atoms with Crippen molar-refractivity contribution in [2.45, 2.75) is 26.2 Å². The summed E-state index contributed by atoms with van der Waals surface area (Å²) in [5, 5.41) is 16.6. The summed E-state index contributed by atoms with van der Waals surface area (Å²) in [6, 6.07) is 0. The van der Waals surface area contributed by atoms with E-state index in [0.29, 0.717) is 11.5 Å². The summed E-state index contributed by atoms with van der Waals surface area (Å²) in [6.07, 6.45) is 4.14. The van der Waals surface area contributed by atoms with Crippen LogP contribution in [-0.2, 0) is 13.5 Å². The minimum Gasteiger partial charge on any atom is -0.381 e. The van der Waals surface area contributed by atoms with Crippen molar-refractivity contribution in [3.63, 3.8) is 0 Å². The van der Waals surface area contributed by atoms with Gasteiger partial charge in [0, 0.05) is 7.05 Å². The molecule has 2 aromatic heterocycles. The van der Waals surface area contributed by atoms with Crippen LogP contribution in [0.1, 0.15) is 35.8 Å². The Morgan fingerprint density at radius 2 is 2.18 bits per heavy atom. The van der Waals surface area contributed by atoms with Gasteiger partial charge in [-0.3, -0.25) is 4.79 Å². The van der Waals surface area contributed by atoms with Gasteiger partial charge in [-0.2, -0.15) is 13.1 Å². The number of amides is 1. The maximum absolute atomic E-state index is 11.4. The fourth-order valence-electron chi connectivity index (χ4n) is 1.88. The Morgan fingerprint density at radius 3 is 2.82 bits per heavy atom. The molecule has 22 heavy (non-hydrogen) atoms. The fraction of sp³-hybridized carbons (Fsp3) is 0.417. The molecule has 10 heteroatoms. The van der Waals surface area contributed by atoms with Crippen LogP contribution in [0.2, 0.25) is 0 Å². The van der Waals surface area contributed by atoms with Crippen LogP contribution in [0.5, 0.6) is 0 Å². The smallest absolute Gasteiger partial charge is 0.254 e. The Labute approximate surface area is 141 Å². The first-order valence-electron chi connectivity index (χ1n) is 6.72. The number of nitrogens with two attached hydrogens (primary N) is 2. The van der Waals surface area contributed by atoms with Crippen molar-refractivity contribution < 1.29 is 4.79 Å². The Morgan fingerprint density at radius 1 is 1.45 bits per heavy atom. The predicted molar refractivity (Wildman–Crippen MR) is 90.6 cm³/mol. The maximum Gasteiger partial charge on any atom is 0.254 e. The molecular weight excluding hydrogens is 399 g/mol. The normalized spacial score (nSPS) is 11.4. The number of nitrogens with zero attached hydrogens (tertiary/aromatic N) is 6. The molecule has 0 radical (unpaired) electrons. The Kier molecular flexibility index (Phi) is 5.11. The van der Waals surface area contributed by atoms with Crippen LogP contribution < -0.4 is 11.5 Å². The average molecular weight is 416 g/mol. The molecule has 0 aliphatic rings. The molecule has 0 fully saturated rings. The van der Waals surface area contributed by atoms with Gasteiger partial charge in [-0.25, -0.2) is 4.68 Å². The quantitative estimate of drug-likeness (QED) is 0.553. The molecule has 118 valence electrons. The van der Waals surface area contributed by atoms with Crippen LogP contribution in [0.15, 0.2) is 16.4 Å². The Balaban J connectivity index is 2.38. The van der Waals surface area contributed by atoms with Crippen molar-refractivity contribution in [3.05, 3.63) is 17.5 Å². The topological polar surface area (TPSA) is 129 Å². The number of aryl methyl sites for hydroxylation is 2. The van der Waals surface area contributed by atoms with Crippen LogP contribution in [0.25, 0.3) is 0 Å². The lowest BCUT2D eigenvalue weighted by molar-refractivity contribution is 0.100. The Bertz CT molecular complexity index is 717. The number of halogens is 1. The van der Waals surface area contributed by atoms with Gasteiger partial charge in [-0.1, -0.05) is 13.3 Å². The van der Waals surface area contributed by atoms with E-state index >= 15 is 0 Å². The third-order valence-corrected chi connectivity index (χ3v) is 3.84. The summed E-state index contributed by atoms with van der Waals surface area (Å²) in [6.45, 7) is 2.10. The van der Waals surface area contributed by atoms with E-state index in [0.717, 1.165) is 25.0 Å². The monoisotopic (exact) mass is 416 g/mol. The molecule has 4 N–H and O–H groups in total. The summed E-state index contributed by atoms with van der Waals surface area (Å²) in [4.78, 5) is 11.4. The zero-order valence-electron chi connectivity index (χ0n) is 12.3. The summed E-state index contributed by atoms with van der Waals surface area (Å²) < 4.78 is 2.97. The molecule has 0 aliphatic carbocycles. The number of unbranched alkanes of at least 4 members (excludes halogenated alkanes) is 1. The zero-order chi connectivity index (χ0) is 16.3. The highest BCUT2D eigenvalue weighted by molar-refractivity contribution is 14.1. The summed E-state index contributed by atoms with van der Waals surface area (Å²) in [5.41, 5.74) is 12.8. The standard InChI is InChI=1S/C12H17IN8O/c1-3-4-5-8-9(10(14)21(13)19-8)17-18-12-7(11(15)22)6-16-20(12)2/h6H,3-5,14H2,1-2H3,(H2,15,22). The van der Waals surface area contributed by atoms with Crippen molar-refractivity contribution in [1.29, 1.82) is 0 Å². The van der Waals surface area contributed by atoms with Gasteiger partial charge in [0.25, 0.3) is 5.91 Å². The van der Waals surface area contributed by atoms with E-state index in [1.165, 1.54) is 13.8 Å². The summed E-state index contributed by atoms with van der Waals surface area (Å²) in [5.74, 6) is 0.0959. The van der Waals surface area contributed by atoms with E-state index in [4.69, 9.17) is 11.5 Å². The van der Waals surface area contributed by atoms with E-state index in [1.807, 2.05) is 22.9 Å². The van der Waals surface area contributed by atoms with E-state index in [9.17, 15) is 4.79 Å². The van der Waals surface area contributed by atoms with Gasteiger partial charge in [0.05, 0.1) is 34.8 Å². The van der Waals surface area contributed by atoms with Gasteiger partial charge in [0.1, 0.15) is 5.56 Å². The molecule has 0 bridgehead atoms. The number of rotatable bonds is 6. The molecule has 2 rings (SSSR count). The molecule has 0 atom stereocenters. The minimum absolute atomic E-state index is 0.210. The van der Waals surface area contributed by atoms with Crippen molar-refractivity contribution in [3.8, 4) is 0 Å². The molecule has 0 saturated heterocycles. The number of hydrogen-bond acceptors (Lipinski definition) is 6. The van der Waals surface area contributed by atoms with Crippen molar-refractivity contribution in [1.82, 2.24) is 17.8 Å². The molecule has 0 unspecified atom stereocenters. The van der Waals surface area contributed by atoms with Gasteiger partial charge in [-0.15, -0.1) is 10.2 Å². The Hall–Kier alpha value is -1.98. The van der Waals surface area contributed by atoms with Gasteiger partial charge < -0.3 is 11.5 Å². The van der Waals surface area contributed by atoms with E-state index in [2.05, 4.69) is 27.3 Å². The lowest BCUT2D eigenvalue weighted by Crippen LogP contribution is -2.10. The van der Waals surface area contributed by atoms with Gasteiger partial charge in [0.15, 0.2) is 17.3 Å². The van der Waals surface area contributed by atoms with Crippen molar-refractivity contribution in [2.75, 3.05) is 5.73 Å². The highest BCUT2D eigenvalue weighted by Gasteiger charge is 2.16. The second-order valence-electron chi connectivity index (χ2n) is 4.71. The lowest BCUT2D eigenvalue weighted by atomic mass is 10.2. The number of primary amides is 1. The first kappa shape index (κ1) is 16.4. The van der Waals surface area contributed by atoms with Crippen LogP contribution in [0, 0.1) is 0 Å². The lowest BCUT2D eigenvalue weighted by Gasteiger charge is -1.98. The molecule has 0 aliphatic heterocycles. The molecule has 0 saturated carbocycles. The second kappa shape index (κ2) is 6.85. The molecule has 0 aromatic carbocycles. The molecule has 1 amide bonds. The third kappa shape index (κ3) is 3.26. The van der Waals surface area contributed by atoms with E-state index < -0.39 is 5.91 Å². The summed E-state index contributed by atoms with van der Waals surface area (Å²) in [7, 11) is 1.66. The fourth-order valence-corrected chi connectivity index (χ4v) is 2.37.